The maximum Gasteiger partial charge on any atom is 0.332 e. The number of aliphatic carboxylic acids is 1. The topological polar surface area (TPSA) is 205 Å². The minimum Gasteiger partial charge on any atom is -0.479 e. The molecule has 1 heterocycles. The number of ether oxygens (including phenoxy) is 1. The second-order valence-electron chi connectivity index (χ2n) is 11.8. The van der Waals surface area contributed by atoms with Crippen LogP contribution in [0.25, 0.3) is 0 Å². The van der Waals surface area contributed by atoms with Crippen LogP contribution < -0.4 is 16.0 Å². The molecule has 47 heavy (non-hydrogen) atoms. The van der Waals surface area contributed by atoms with E-state index in [1.54, 1.807) is 24.3 Å². The number of carboxylic acid groups (broad SMARTS) is 1. The fourth-order valence-electron chi connectivity index (χ4n) is 5.33. The van der Waals surface area contributed by atoms with Gasteiger partial charge in [0.2, 0.25) is 17.7 Å². The van der Waals surface area contributed by atoms with Gasteiger partial charge in [-0.25, -0.2) is 4.79 Å². The Bertz CT molecular complexity index is 1340. The van der Waals surface area contributed by atoms with Crippen molar-refractivity contribution in [3.05, 3.63) is 48.0 Å². The molecular formula is C33H42N4O10. The molecule has 1 aliphatic heterocycles. The molecule has 3 rings (SSSR count). The highest BCUT2D eigenvalue weighted by molar-refractivity contribution is 6.12. The molecule has 1 aromatic rings. The molecule has 14 heteroatoms. The quantitative estimate of drug-likeness (QED) is 0.122. The van der Waals surface area contributed by atoms with Crippen LogP contribution in [0.4, 0.5) is 0 Å². The summed E-state index contributed by atoms with van der Waals surface area (Å²) in [5.41, 5.74) is 0.787. The molecule has 1 fully saturated rings. The predicted molar refractivity (Wildman–Crippen MR) is 166 cm³/mol. The van der Waals surface area contributed by atoms with Crippen LogP contribution in [0.3, 0.4) is 0 Å². The Kier molecular flexibility index (Phi) is 14.4. The van der Waals surface area contributed by atoms with Crippen LogP contribution in [0.2, 0.25) is 0 Å². The lowest BCUT2D eigenvalue weighted by Gasteiger charge is -2.29. The van der Waals surface area contributed by atoms with Crippen molar-refractivity contribution in [1.82, 2.24) is 20.9 Å². The molecule has 254 valence electrons. The van der Waals surface area contributed by atoms with Gasteiger partial charge in [-0.1, -0.05) is 30.3 Å². The Hall–Kier alpha value is -4.72. The summed E-state index contributed by atoms with van der Waals surface area (Å²) in [6.07, 6.45) is 3.37. The molecule has 1 aliphatic carbocycles. The highest BCUT2D eigenvalue weighted by Crippen LogP contribution is 2.30. The Labute approximate surface area is 272 Å². The first-order valence-corrected chi connectivity index (χ1v) is 15.7. The molecule has 0 bridgehead atoms. The third-order valence-corrected chi connectivity index (χ3v) is 8.20. The molecule has 0 unspecified atom stereocenters. The molecule has 0 radical (unpaired) electrons. The van der Waals surface area contributed by atoms with Crippen LogP contribution in [0, 0.1) is 11.8 Å². The molecule has 14 nitrogen and oxygen atoms in total. The number of carbonyl (C=O) groups is 8. The van der Waals surface area contributed by atoms with Gasteiger partial charge in [0.15, 0.2) is 17.7 Å². The summed E-state index contributed by atoms with van der Waals surface area (Å²) in [6.45, 7) is 1.09. The first kappa shape index (κ1) is 36.7. The van der Waals surface area contributed by atoms with Crippen LogP contribution in [0.15, 0.2) is 42.5 Å². The number of benzene rings is 1. The van der Waals surface area contributed by atoms with E-state index in [9.17, 15) is 38.4 Å². The van der Waals surface area contributed by atoms with Gasteiger partial charge in [0, 0.05) is 50.3 Å². The third-order valence-electron chi connectivity index (χ3n) is 8.20. The van der Waals surface area contributed by atoms with Gasteiger partial charge < -0.3 is 25.8 Å². The second kappa shape index (κ2) is 18.4. The predicted octanol–water partition coefficient (Wildman–Crippen LogP) is 0.824. The van der Waals surface area contributed by atoms with E-state index in [0.29, 0.717) is 32.2 Å². The highest BCUT2D eigenvalue weighted by atomic mass is 16.5. The molecular weight excluding hydrogens is 612 g/mol. The minimum absolute atomic E-state index is 0.121. The standard InChI is InChI=1S/C33H42N4O10/c1-21(33(45)46)47-20-35-28(40)14-12-27(39)26(17-22-5-3-2-4-6-22)36-29(41)13-11-25(38)18-34-32(44)24-9-7-23(8-10-24)19-37-30(42)15-16-31(37)43/h2-6,15-16,21,23-24,26H,7-14,17-20H2,1H3,(H,34,44)(H,35,40)(H,36,41)(H,45,46)/t21-,23?,24?,26-/m0/s1. The van der Waals surface area contributed by atoms with Crippen molar-refractivity contribution in [2.45, 2.75) is 76.9 Å². The number of carbonyl (C=O) groups excluding carboxylic acids is 7. The van der Waals surface area contributed by atoms with E-state index in [-0.39, 0.29) is 86.5 Å². The Morgan fingerprint density at radius 1 is 0.872 bits per heavy atom. The number of nitrogens with zero attached hydrogens (tertiary/aromatic N) is 1. The van der Waals surface area contributed by atoms with E-state index in [2.05, 4.69) is 16.0 Å². The average molecular weight is 655 g/mol. The number of carboxylic acids is 1. The molecule has 0 saturated heterocycles. The van der Waals surface area contributed by atoms with Crippen molar-refractivity contribution in [1.29, 1.82) is 0 Å². The number of ketones is 2. The third kappa shape index (κ3) is 12.5. The fraction of sp³-hybridized carbons (Fsp3) is 0.515. The molecule has 4 N–H and O–H groups in total. The van der Waals surface area contributed by atoms with E-state index >= 15 is 0 Å². The number of hydrogen-bond donors (Lipinski definition) is 4. The zero-order valence-electron chi connectivity index (χ0n) is 26.4. The molecule has 0 spiro atoms. The summed E-state index contributed by atoms with van der Waals surface area (Å²) in [6, 6.07) is 8.05. The molecule has 1 aromatic carbocycles. The van der Waals surface area contributed by atoms with Crippen LogP contribution in [-0.2, 0) is 49.5 Å². The number of amides is 5. The monoisotopic (exact) mass is 654 g/mol. The van der Waals surface area contributed by atoms with Gasteiger partial charge in [0.1, 0.15) is 6.73 Å². The van der Waals surface area contributed by atoms with Gasteiger partial charge in [-0.15, -0.1) is 0 Å². The molecule has 1 saturated carbocycles. The van der Waals surface area contributed by atoms with Crippen LogP contribution >= 0.6 is 0 Å². The van der Waals surface area contributed by atoms with Crippen molar-refractivity contribution < 1.29 is 48.2 Å². The van der Waals surface area contributed by atoms with Crippen molar-refractivity contribution in [2.24, 2.45) is 11.8 Å². The lowest BCUT2D eigenvalue weighted by atomic mass is 9.81. The second-order valence-corrected chi connectivity index (χ2v) is 11.8. The highest BCUT2D eigenvalue weighted by Gasteiger charge is 2.31. The van der Waals surface area contributed by atoms with E-state index in [1.165, 1.54) is 24.0 Å². The summed E-state index contributed by atoms with van der Waals surface area (Å²) in [5, 5.41) is 16.5. The van der Waals surface area contributed by atoms with E-state index in [0.717, 1.165) is 5.56 Å². The summed E-state index contributed by atoms with van der Waals surface area (Å²) < 4.78 is 4.95. The number of nitrogens with one attached hydrogen (secondary N) is 3. The van der Waals surface area contributed by atoms with Crippen LogP contribution in [0.1, 0.15) is 63.9 Å². The number of rotatable bonds is 19. The Balaban J connectivity index is 1.38. The molecule has 2 atom stereocenters. The average Bonchev–Trinajstić information content (AvgIpc) is 3.37. The minimum atomic E-state index is -1.18. The summed E-state index contributed by atoms with van der Waals surface area (Å²) in [7, 11) is 0. The molecule has 2 aliphatic rings. The lowest BCUT2D eigenvalue weighted by Crippen LogP contribution is -2.43. The van der Waals surface area contributed by atoms with Gasteiger partial charge in [0.25, 0.3) is 11.8 Å². The van der Waals surface area contributed by atoms with Gasteiger partial charge in [-0.05, 0) is 50.5 Å². The van der Waals surface area contributed by atoms with Crippen molar-refractivity contribution in [3.8, 4) is 0 Å². The van der Waals surface area contributed by atoms with Crippen molar-refractivity contribution in [3.63, 3.8) is 0 Å². The van der Waals surface area contributed by atoms with Gasteiger partial charge in [0.05, 0.1) is 12.6 Å². The van der Waals surface area contributed by atoms with Gasteiger partial charge >= 0.3 is 5.97 Å². The fourth-order valence-corrected chi connectivity index (χ4v) is 5.33. The van der Waals surface area contributed by atoms with E-state index in [1.807, 2.05) is 6.07 Å². The maximum absolute atomic E-state index is 13.0. The zero-order valence-corrected chi connectivity index (χ0v) is 26.4. The lowest BCUT2D eigenvalue weighted by molar-refractivity contribution is -0.150. The number of Topliss-reactive ketones (excluding diaryl/α,β-unsaturated/α-hetero) is 2. The first-order chi connectivity index (χ1) is 22.4. The Morgan fingerprint density at radius 2 is 1.51 bits per heavy atom. The number of hydrogen-bond acceptors (Lipinski definition) is 9. The molecule has 0 aromatic heterocycles. The van der Waals surface area contributed by atoms with Crippen LogP contribution in [0.5, 0.6) is 0 Å². The van der Waals surface area contributed by atoms with E-state index in [4.69, 9.17) is 9.84 Å². The van der Waals surface area contributed by atoms with Gasteiger partial charge in [-0.2, -0.15) is 0 Å². The summed E-state index contributed by atoms with van der Waals surface area (Å²) >= 11 is 0. The first-order valence-electron chi connectivity index (χ1n) is 15.7. The van der Waals surface area contributed by atoms with Crippen LogP contribution in [-0.4, -0.2) is 89.0 Å². The summed E-state index contributed by atoms with van der Waals surface area (Å²) in [4.78, 5) is 98.6. The van der Waals surface area contributed by atoms with E-state index < -0.39 is 29.9 Å². The smallest absolute Gasteiger partial charge is 0.332 e. The molecule has 5 amide bonds. The number of imide groups is 1. The van der Waals surface area contributed by atoms with Crippen molar-refractivity contribution in [2.75, 3.05) is 19.8 Å². The normalized spacial score (nSPS) is 18.7. The largest absolute Gasteiger partial charge is 0.479 e. The Morgan fingerprint density at radius 3 is 2.15 bits per heavy atom. The SMILES string of the molecule is C[C@H](OCNC(=O)CCC(=O)[C@H](Cc1ccccc1)NC(=O)CCC(=O)CNC(=O)C1CCC(CN2C(=O)C=CC2=O)CC1)C(=O)O. The van der Waals surface area contributed by atoms with Crippen molar-refractivity contribution >= 4 is 47.1 Å². The van der Waals surface area contributed by atoms with Gasteiger partial charge in [-0.3, -0.25) is 38.5 Å². The zero-order chi connectivity index (χ0) is 34.3. The summed E-state index contributed by atoms with van der Waals surface area (Å²) in [5.74, 6) is -4.01. The maximum atomic E-state index is 13.0.